The van der Waals surface area contributed by atoms with Gasteiger partial charge in [0.1, 0.15) is 0 Å². The maximum atomic E-state index is 12.9. The highest BCUT2D eigenvalue weighted by Gasteiger charge is 2.51. The van der Waals surface area contributed by atoms with Crippen molar-refractivity contribution in [1.29, 1.82) is 0 Å². The molecule has 3 fully saturated rings. The van der Waals surface area contributed by atoms with E-state index in [0.29, 0.717) is 5.92 Å². The molecule has 5 rings (SSSR count). The zero-order valence-corrected chi connectivity index (χ0v) is 19.3. The van der Waals surface area contributed by atoms with Gasteiger partial charge in [-0.1, -0.05) is 48.0 Å². The maximum absolute atomic E-state index is 12.9. The van der Waals surface area contributed by atoms with Gasteiger partial charge in [-0.15, -0.1) is 0 Å². The van der Waals surface area contributed by atoms with Crippen LogP contribution in [0.4, 0.5) is 10.5 Å². The molecule has 2 amide bonds. The van der Waals surface area contributed by atoms with E-state index in [4.69, 9.17) is 4.74 Å². The van der Waals surface area contributed by atoms with E-state index in [1.165, 1.54) is 11.1 Å². The highest BCUT2D eigenvalue weighted by Crippen LogP contribution is 2.47. The Hall–Kier alpha value is -2.37. The molecular weight excluding hydrogens is 398 g/mol. The standard InChI is InChI=1S/C27H35N3O2/c1-21-8-10-24(11-9-21)30-20-26(28-25(30)31)13-15-27(16-14-26,23-6-4-3-5-7-23)29(2)18-22-12-17-32-19-22/h3-11,22H,12-20H2,1-2H3,(H,28,31). The van der Waals surface area contributed by atoms with Gasteiger partial charge in [-0.05, 0) is 69.7 Å². The third kappa shape index (κ3) is 3.93. The number of amides is 2. The predicted octanol–water partition coefficient (Wildman–Crippen LogP) is 4.70. The number of nitrogens with one attached hydrogen (secondary N) is 1. The van der Waals surface area contributed by atoms with Crippen LogP contribution in [0.1, 0.15) is 43.2 Å². The van der Waals surface area contributed by atoms with Gasteiger partial charge in [0.2, 0.25) is 0 Å². The molecule has 32 heavy (non-hydrogen) atoms. The highest BCUT2D eigenvalue weighted by atomic mass is 16.5. The van der Waals surface area contributed by atoms with E-state index in [1.54, 1.807) is 0 Å². The van der Waals surface area contributed by atoms with Crippen LogP contribution in [0, 0.1) is 12.8 Å². The molecule has 170 valence electrons. The van der Waals surface area contributed by atoms with E-state index >= 15 is 0 Å². The summed E-state index contributed by atoms with van der Waals surface area (Å²) in [5.41, 5.74) is 3.47. The molecular formula is C27H35N3O2. The molecule has 3 aliphatic rings. The fourth-order valence-corrected chi connectivity index (χ4v) is 6.00. The summed E-state index contributed by atoms with van der Waals surface area (Å²) in [6.45, 7) is 5.65. The average Bonchev–Trinajstić information content (AvgIpc) is 3.43. The molecule has 0 aromatic heterocycles. The first-order chi connectivity index (χ1) is 15.5. The molecule has 2 aliphatic heterocycles. The molecule has 1 spiro atoms. The Morgan fingerprint density at radius 1 is 1.06 bits per heavy atom. The quantitative estimate of drug-likeness (QED) is 0.743. The van der Waals surface area contributed by atoms with Crippen LogP contribution in [-0.2, 0) is 10.3 Å². The van der Waals surface area contributed by atoms with E-state index in [2.05, 4.69) is 78.8 Å². The summed E-state index contributed by atoms with van der Waals surface area (Å²) in [5, 5.41) is 3.38. The second-order valence-electron chi connectivity index (χ2n) is 10.1. The van der Waals surface area contributed by atoms with Crippen LogP contribution in [0.25, 0.3) is 0 Å². The van der Waals surface area contributed by atoms with Crippen molar-refractivity contribution in [2.75, 3.05) is 38.3 Å². The first kappa shape index (κ1) is 21.5. The number of urea groups is 1. The molecule has 2 aromatic carbocycles. The lowest BCUT2D eigenvalue weighted by atomic mass is 9.68. The van der Waals surface area contributed by atoms with Gasteiger partial charge in [-0.2, -0.15) is 0 Å². The second-order valence-corrected chi connectivity index (χ2v) is 10.1. The molecule has 1 N–H and O–H groups in total. The molecule has 1 aliphatic carbocycles. The van der Waals surface area contributed by atoms with Crippen molar-refractivity contribution in [3.63, 3.8) is 0 Å². The zero-order chi connectivity index (χ0) is 22.2. The second kappa shape index (κ2) is 8.53. The number of anilines is 1. The SMILES string of the molecule is Cc1ccc(N2CC3(CCC(c4ccccc4)(N(C)CC4CCOC4)CC3)NC2=O)cc1. The Bertz CT molecular complexity index is 929. The molecule has 0 bridgehead atoms. The van der Waals surface area contributed by atoms with Gasteiger partial charge >= 0.3 is 6.03 Å². The number of hydrogen-bond donors (Lipinski definition) is 1. The van der Waals surface area contributed by atoms with E-state index in [1.807, 2.05) is 4.90 Å². The van der Waals surface area contributed by atoms with Gasteiger partial charge in [0.15, 0.2) is 0 Å². The van der Waals surface area contributed by atoms with Gasteiger partial charge in [-0.25, -0.2) is 4.79 Å². The summed E-state index contributed by atoms with van der Waals surface area (Å²) in [6, 6.07) is 19.3. The topological polar surface area (TPSA) is 44.8 Å². The molecule has 2 heterocycles. The molecule has 5 nitrogen and oxygen atoms in total. The number of carbonyl (C=O) groups excluding carboxylic acids is 1. The first-order valence-corrected chi connectivity index (χ1v) is 12.0. The molecule has 0 radical (unpaired) electrons. The molecule has 2 saturated heterocycles. The van der Waals surface area contributed by atoms with Gasteiger partial charge in [0, 0.05) is 24.4 Å². The number of ether oxygens (including phenoxy) is 1. The van der Waals surface area contributed by atoms with Gasteiger partial charge in [-0.3, -0.25) is 9.80 Å². The van der Waals surface area contributed by atoms with Crippen molar-refractivity contribution in [1.82, 2.24) is 10.2 Å². The van der Waals surface area contributed by atoms with E-state index in [-0.39, 0.29) is 17.1 Å². The summed E-state index contributed by atoms with van der Waals surface area (Å²) < 4.78 is 5.65. The molecule has 1 atom stereocenters. The molecule has 2 aromatic rings. The Kier molecular flexibility index (Phi) is 5.72. The van der Waals surface area contributed by atoms with Crippen molar-refractivity contribution in [3.8, 4) is 0 Å². The van der Waals surface area contributed by atoms with Crippen LogP contribution < -0.4 is 10.2 Å². The summed E-state index contributed by atoms with van der Waals surface area (Å²) >= 11 is 0. The Morgan fingerprint density at radius 2 is 1.78 bits per heavy atom. The van der Waals surface area contributed by atoms with Crippen LogP contribution in [0.2, 0.25) is 0 Å². The lowest BCUT2D eigenvalue weighted by Crippen LogP contribution is -2.55. The van der Waals surface area contributed by atoms with Crippen molar-refractivity contribution in [2.45, 2.75) is 50.1 Å². The lowest BCUT2D eigenvalue weighted by molar-refractivity contribution is 0.0323. The summed E-state index contributed by atoms with van der Waals surface area (Å²) in [7, 11) is 2.29. The van der Waals surface area contributed by atoms with E-state index in [0.717, 1.165) is 64.1 Å². The predicted molar refractivity (Wildman–Crippen MR) is 128 cm³/mol. The van der Waals surface area contributed by atoms with E-state index < -0.39 is 0 Å². The van der Waals surface area contributed by atoms with Crippen molar-refractivity contribution >= 4 is 11.7 Å². The number of carbonyl (C=O) groups is 1. The summed E-state index contributed by atoms with van der Waals surface area (Å²) in [6.07, 6.45) is 5.22. The Balaban J connectivity index is 1.35. The summed E-state index contributed by atoms with van der Waals surface area (Å²) in [5.74, 6) is 0.611. The maximum Gasteiger partial charge on any atom is 0.322 e. The monoisotopic (exact) mass is 433 g/mol. The Morgan fingerprint density at radius 3 is 2.44 bits per heavy atom. The number of nitrogens with zero attached hydrogens (tertiary/aromatic N) is 2. The van der Waals surface area contributed by atoms with Crippen molar-refractivity contribution < 1.29 is 9.53 Å². The normalized spacial score (nSPS) is 30.3. The minimum absolute atomic E-state index is 0.0110. The highest BCUT2D eigenvalue weighted by molar-refractivity contribution is 5.95. The zero-order valence-electron chi connectivity index (χ0n) is 19.3. The van der Waals surface area contributed by atoms with Crippen LogP contribution >= 0.6 is 0 Å². The number of benzene rings is 2. The van der Waals surface area contributed by atoms with Gasteiger partial charge in [0.05, 0.1) is 18.7 Å². The fourth-order valence-electron chi connectivity index (χ4n) is 6.00. The third-order valence-corrected chi connectivity index (χ3v) is 8.06. The smallest absolute Gasteiger partial charge is 0.322 e. The van der Waals surface area contributed by atoms with Crippen molar-refractivity contribution in [2.24, 2.45) is 5.92 Å². The molecule has 1 saturated carbocycles. The van der Waals surface area contributed by atoms with Crippen LogP contribution in [0.5, 0.6) is 0 Å². The number of hydrogen-bond acceptors (Lipinski definition) is 3. The fraction of sp³-hybridized carbons (Fsp3) is 0.519. The van der Waals surface area contributed by atoms with Crippen LogP contribution in [0.3, 0.4) is 0 Å². The largest absolute Gasteiger partial charge is 0.381 e. The lowest BCUT2D eigenvalue weighted by Gasteiger charge is -2.50. The first-order valence-electron chi connectivity index (χ1n) is 12.0. The third-order valence-electron chi connectivity index (χ3n) is 8.06. The van der Waals surface area contributed by atoms with Crippen LogP contribution in [0.15, 0.2) is 54.6 Å². The number of aryl methyl sites for hydroxylation is 1. The number of rotatable bonds is 5. The minimum atomic E-state index is -0.141. The minimum Gasteiger partial charge on any atom is -0.381 e. The molecule has 5 heteroatoms. The van der Waals surface area contributed by atoms with Crippen molar-refractivity contribution in [3.05, 3.63) is 65.7 Å². The van der Waals surface area contributed by atoms with Crippen LogP contribution in [-0.4, -0.2) is 49.8 Å². The van der Waals surface area contributed by atoms with E-state index in [9.17, 15) is 4.79 Å². The molecule has 1 unspecified atom stereocenters. The summed E-state index contributed by atoms with van der Waals surface area (Å²) in [4.78, 5) is 17.4. The average molecular weight is 434 g/mol. The van der Waals surface area contributed by atoms with Gasteiger partial charge < -0.3 is 10.1 Å². The Labute approximate surface area is 191 Å². The van der Waals surface area contributed by atoms with Gasteiger partial charge in [0.25, 0.3) is 0 Å².